The fourth-order valence-corrected chi connectivity index (χ4v) is 1.71. The molecule has 1 aromatic rings. The highest BCUT2D eigenvalue weighted by Crippen LogP contribution is 2.23. The van der Waals surface area contributed by atoms with E-state index >= 15 is 0 Å². The molecule has 0 atom stereocenters. The van der Waals surface area contributed by atoms with Crippen LogP contribution < -0.4 is 5.32 Å². The molecular weight excluding hydrogens is 186 g/mol. The summed E-state index contributed by atoms with van der Waals surface area (Å²) in [6.45, 7) is 1.70. The van der Waals surface area contributed by atoms with Crippen LogP contribution in [-0.2, 0) is 17.9 Å². The summed E-state index contributed by atoms with van der Waals surface area (Å²) in [6.07, 6.45) is 4.36. The summed E-state index contributed by atoms with van der Waals surface area (Å²) in [5, 5.41) is 3.14. The van der Waals surface area contributed by atoms with Crippen molar-refractivity contribution in [3.63, 3.8) is 0 Å². The van der Waals surface area contributed by atoms with Gasteiger partial charge in [-0.25, -0.2) is 0 Å². The van der Waals surface area contributed by atoms with Crippen LogP contribution in [-0.4, -0.2) is 13.2 Å². The van der Waals surface area contributed by atoms with E-state index in [-0.39, 0.29) is 0 Å². The van der Waals surface area contributed by atoms with Crippen molar-refractivity contribution in [3.8, 4) is 0 Å². The monoisotopic (exact) mass is 205 g/mol. The van der Waals surface area contributed by atoms with Gasteiger partial charge in [0, 0.05) is 6.54 Å². The van der Waals surface area contributed by atoms with Crippen LogP contribution in [0.3, 0.4) is 0 Å². The van der Waals surface area contributed by atoms with Crippen LogP contribution in [0.2, 0.25) is 0 Å². The van der Waals surface area contributed by atoms with Crippen LogP contribution in [0.1, 0.15) is 30.4 Å². The molecule has 0 aromatic heterocycles. The number of ether oxygens (including phenoxy) is 1. The SMILES string of the molecule is CNCc1ccc(COC2CCC2)cc1. The quantitative estimate of drug-likeness (QED) is 0.797. The molecule has 0 aliphatic heterocycles. The number of hydrogen-bond donors (Lipinski definition) is 1. The molecule has 0 bridgehead atoms. The maximum Gasteiger partial charge on any atom is 0.0720 e. The maximum atomic E-state index is 5.75. The van der Waals surface area contributed by atoms with Crippen molar-refractivity contribution in [3.05, 3.63) is 35.4 Å². The largest absolute Gasteiger partial charge is 0.374 e. The number of hydrogen-bond acceptors (Lipinski definition) is 2. The molecule has 2 heteroatoms. The predicted molar refractivity (Wildman–Crippen MR) is 61.6 cm³/mol. The third-order valence-corrected chi connectivity index (χ3v) is 2.94. The van der Waals surface area contributed by atoms with Gasteiger partial charge in [-0.1, -0.05) is 24.3 Å². The van der Waals surface area contributed by atoms with Gasteiger partial charge in [-0.05, 0) is 37.4 Å². The zero-order valence-electron chi connectivity index (χ0n) is 9.33. The summed E-state index contributed by atoms with van der Waals surface area (Å²) in [5.74, 6) is 0. The van der Waals surface area contributed by atoms with E-state index in [1.165, 1.54) is 30.4 Å². The lowest BCUT2D eigenvalue weighted by molar-refractivity contribution is -0.00866. The topological polar surface area (TPSA) is 21.3 Å². The van der Waals surface area contributed by atoms with Gasteiger partial charge < -0.3 is 10.1 Å². The van der Waals surface area contributed by atoms with Gasteiger partial charge in [-0.3, -0.25) is 0 Å². The molecule has 1 N–H and O–H groups in total. The number of rotatable bonds is 5. The van der Waals surface area contributed by atoms with E-state index in [2.05, 4.69) is 29.6 Å². The van der Waals surface area contributed by atoms with Gasteiger partial charge in [-0.2, -0.15) is 0 Å². The zero-order valence-corrected chi connectivity index (χ0v) is 9.33. The summed E-state index contributed by atoms with van der Waals surface area (Å²) in [4.78, 5) is 0. The Labute approximate surface area is 91.6 Å². The summed E-state index contributed by atoms with van der Waals surface area (Å²) in [6, 6.07) is 8.64. The lowest BCUT2D eigenvalue weighted by atomic mass is 9.96. The van der Waals surface area contributed by atoms with E-state index in [9.17, 15) is 0 Å². The van der Waals surface area contributed by atoms with Gasteiger partial charge in [0.05, 0.1) is 12.7 Å². The second kappa shape index (κ2) is 5.29. The highest BCUT2D eigenvalue weighted by atomic mass is 16.5. The van der Waals surface area contributed by atoms with Crippen molar-refractivity contribution >= 4 is 0 Å². The van der Waals surface area contributed by atoms with Gasteiger partial charge in [0.25, 0.3) is 0 Å². The first-order valence-electron chi connectivity index (χ1n) is 5.72. The Morgan fingerprint density at radius 3 is 2.40 bits per heavy atom. The summed E-state index contributed by atoms with van der Waals surface area (Å²) >= 11 is 0. The predicted octanol–water partition coefficient (Wildman–Crippen LogP) is 2.48. The third-order valence-electron chi connectivity index (χ3n) is 2.94. The second-order valence-electron chi connectivity index (χ2n) is 4.21. The van der Waals surface area contributed by atoms with Crippen molar-refractivity contribution in [2.24, 2.45) is 0 Å². The summed E-state index contributed by atoms with van der Waals surface area (Å²) < 4.78 is 5.75. The molecule has 1 aromatic carbocycles. The molecule has 0 amide bonds. The Bertz CT molecular complexity index is 290. The Kier molecular flexibility index (Phi) is 3.75. The van der Waals surface area contributed by atoms with E-state index in [1.807, 2.05) is 7.05 Å². The van der Waals surface area contributed by atoms with Crippen LogP contribution in [0.25, 0.3) is 0 Å². The Morgan fingerprint density at radius 2 is 1.87 bits per heavy atom. The lowest BCUT2D eigenvalue weighted by Crippen LogP contribution is -2.21. The molecule has 1 fully saturated rings. The molecule has 82 valence electrons. The minimum atomic E-state index is 0.530. The van der Waals surface area contributed by atoms with Crippen molar-refractivity contribution in [1.29, 1.82) is 0 Å². The molecule has 0 saturated heterocycles. The average Bonchev–Trinajstić information content (AvgIpc) is 2.19. The van der Waals surface area contributed by atoms with E-state index in [0.29, 0.717) is 6.10 Å². The highest BCUT2D eigenvalue weighted by molar-refractivity contribution is 5.21. The first-order valence-corrected chi connectivity index (χ1v) is 5.72. The fourth-order valence-electron chi connectivity index (χ4n) is 1.71. The number of nitrogens with one attached hydrogen (secondary N) is 1. The number of benzene rings is 1. The lowest BCUT2D eigenvalue weighted by Gasteiger charge is -2.25. The van der Waals surface area contributed by atoms with Gasteiger partial charge in [0.2, 0.25) is 0 Å². The van der Waals surface area contributed by atoms with E-state index in [0.717, 1.165) is 13.2 Å². The molecule has 1 aliphatic carbocycles. The third kappa shape index (κ3) is 3.05. The highest BCUT2D eigenvalue weighted by Gasteiger charge is 2.17. The van der Waals surface area contributed by atoms with Crippen LogP contribution in [0.4, 0.5) is 0 Å². The van der Waals surface area contributed by atoms with Crippen molar-refractivity contribution < 1.29 is 4.74 Å². The first-order chi connectivity index (χ1) is 7.38. The molecule has 2 rings (SSSR count). The van der Waals surface area contributed by atoms with Gasteiger partial charge >= 0.3 is 0 Å². The maximum absolute atomic E-state index is 5.75. The van der Waals surface area contributed by atoms with E-state index in [1.54, 1.807) is 0 Å². The van der Waals surface area contributed by atoms with Crippen molar-refractivity contribution in [1.82, 2.24) is 5.32 Å². The molecule has 0 spiro atoms. The normalized spacial score (nSPS) is 16.3. The van der Waals surface area contributed by atoms with Crippen LogP contribution in [0.5, 0.6) is 0 Å². The van der Waals surface area contributed by atoms with Gasteiger partial charge in [0.1, 0.15) is 0 Å². The molecule has 2 nitrogen and oxygen atoms in total. The molecule has 0 radical (unpaired) electrons. The summed E-state index contributed by atoms with van der Waals surface area (Å²) in [5.41, 5.74) is 2.60. The van der Waals surface area contributed by atoms with Crippen LogP contribution in [0, 0.1) is 0 Å². The van der Waals surface area contributed by atoms with E-state index in [4.69, 9.17) is 4.74 Å². The van der Waals surface area contributed by atoms with Crippen LogP contribution >= 0.6 is 0 Å². The van der Waals surface area contributed by atoms with Gasteiger partial charge in [0.15, 0.2) is 0 Å². The molecule has 15 heavy (non-hydrogen) atoms. The van der Waals surface area contributed by atoms with Crippen molar-refractivity contribution in [2.75, 3.05) is 7.05 Å². The Balaban J connectivity index is 1.80. The minimum Gasteiger partial charge on any atom is -0.374 e. The molecule has 0 heterocycles. The fraction of sp³-hybridized carbons (Fsp3) is 0.538. The van der Waals surface area contributed by atoms with E-state index < -0.39 is 0 Å². The first kappa shape index (κ1) is 10.7. The Morgan fingerprint density at radius 1 is 1.20 bits per heavy atom. The van der Waals surface area contributed by atoms with Crippen LogP contribution in [0.15, 0.2) is 24.3 Å². The molecule has 1 saturated carbocycles. The minimum absolute atomic E-state index is 0.530. The van der Waals surface area contributed by atoms with Crippen molar-refractivity contribution in [2.45, 2.75) is 38.5 Å². The van der Waals surface area contributed by atoms with Gasteiger partial charge in [-0.15, -0.1) is 0 Å². The molecule has 0 unspecified atom stereocenters. The molecule has 1 aliphatic rings. The second-order valence-corrected chi connectivity index (χ2v) is 4.21. The Hall–Kier alpha value is -0.860. The standard InChI is InChI=1S/C13H19NO/c1-14-9-11-5-7-12(8-6-11)10-15-13-3-2-4-13/h5-8,13-14H,2-4,9-10H2,1H3. The summed E-state index contributed by atoms with van der Waals surface area (Å²) in [7, 11) is 1.97. The zero-order chi connectivity index (χ0) is 10.5. The average molecular weight is 205 g/mol. The smallest absolute Gasteiger partial charge is 0.0720 e. The molecular formula is C13H19NO.